The monoisotopic (exact) mass is 272 g/mol. The van der Waals surface area contributed by atoms with Gasteiger partial charge in [-0.05, 0) is 19.8 Å². The van der Waals surface area contributed by atoms with E-state index in [0.717, 1.165) is 0 Å². The molecular formula is C12H20N2O3S. The molecule has 18 heavy (non-hydrogen) atoms. The van der Waals surface area contributed by atoms with Crippen LogP contribution in [-0.4, -0.2) is 32.4 Å². The van der Waals surface area contributed by atoms with Crippen LogP contribution in [0.2, 0.25) is 0 Å². The predicted octanol–water partition coefficient (Wildman–Crippen LogP) is 1.48. The van der Waals surface area contributed by atoms with Crippen LogP contribution in [0.3, 0.4) is 0 Å². The summed E-state index contributed by atoms with van der Waals surface area (Å²) in [7, 11) is -1.84. The standard InChI is InChI=1S/C12H20N2O3S/c1-4-14(3)18(15,16)12-7-11(17-9(12)2)8-13-10-5-6-10/h7,10,13H,4-6,8H2,1-3H3. The molecule has 0 spiro atoms. The molecule has 0 bridgehead atoms. The van der Waals surface area contributed by atoms with Crippen molar-refractivity contribution in [3.05, 3.63) is 17.6 Å². The number of rotatable bonds is 6. The predicted molar refractivity (Wildman–Crippen MR) is 68.8 cm³/mol. The number of nitrogens with one attached hydrogen (secondary N) is 1. The van der Waals surface area contributed by atoms with Gasteiger partial charge in [0.15, 0.2) is 0 Å². The normalized spacial score (nSPS) is 16.4. The van der Waals surface area contributed by atoms with Crippen molar-refractivity contribution in [1.29, 1.82) is 0 Å². The Labute approximate surface area is 108 Å². The molecule has 0 atom stereocenters. The molecule has 1 aromatic heterocycles. The van der Waals surface area contributed by atoms with Gasteiger partial charge >= 0.3 is 0 Å². The molecule has 1 fully saturated rings. The second-order valence-electron chi connectivity index (χ2n) is 4.71. The van der Waals surface area contributed by atoms with Gasteiger partial charge in [-0.1, -0.05) is 6.92 Å². The summed E-state index contributed by atoms with van der Waals surface area (Å²) in [4.78, 5) is 0.277. The lowest BCUT2D eigenvalue weighted by Crippen LogP contribution is -2.26. The third kappa shape index (κ3) is 2.76. The maximum atomic E-state index is 12.2. The maximum Gasteiger partial charge on any atom is 0.246 e. The first-order valence-electron chi connectivity index (χ1n) is 6.24. The smallest absolute Gasteiger partial charge is 0.246 e. The van der Waals surface area contributed by atoms with E-state index in [2.05, 4.69) is 5.32 Å². The molecule has 0 amide bonds. The van der Waals surface area contributed by atoms with Crippen LogP contribution in [0.4, 0.5) is 0 Å². The van der Waals surface area contributed by atoms with Crippen LogP contribution in [0.1, 0.15) is 31.3 Å². The van der Waals surface area contributed by atoms with E-state index in [4.69, 9.17) is 4.42 Å². The second-order valence-corrected chi connectivity index (χ2v) is 6.72. The molecule has 102 valence electrons. The van der Waals surface area contributed by atoms with Crippen molar-refractivity contribution in [3.63, 3.8) is 0 Å². The van der Waals surface area contributed by atoms with Crippen LogP contribution < -0.4 is 5.32 Å². The molecule has 0 unspecified atom stereocenters. The fourth-order valence-corrected chi connectivity index (χ4v) is 3.10. The van der Waals surface area contributed by atoms with Gasteiger partial charge in [0.05, 0.1) is 6.54 Å². The Balaban J connectivity index is 2.17. The van der Waals surface area contributed by atoms with E-state index >= 15 is 0 Å². The van der Waals surface area contributed by atoms with Gasteiger partial charge < -0.3 is 9.73 Å². The molecule has 1 aliphatic carbocycles. The molecule has 0 aliphatic heterocycles. The fourth-order valence-electron chi connectivity index (χ4n) is 1.74. The Bertz CT molecular complexity index is 517. The van der Waals surface area contributed by atoms with Gasteiger partial charge in [-0.3, -0.25) is 0 Å². The van der Waals surface area contributed by atoms with Gasteiger partial charge in [0.25, 0.3) is 0 Å². The van der Waals surface area contributed by atoms with E-state index in [-0.39, 0.29) is 4.90 Å². The summed E-state index contributed by atoms with van der Waals surface area (Å²) in [6.07, 6.45) is 2.40. The minimum Gasteiger partial charge on any atom is -0.464 e. The Morgan fingerprint density at radius 1 is 1.50 bits per heavy atom. The molecule has 1 saturated carbocycles. The summed E-state index contributed by atoms with van der Waals surface area (Å²) in [5.41, 5.74) is 0. The van der Waals surface area contributed by atoms with Gasteiger partial charge in [-0.2, -0.15) is 0 Å². The molecule has 0 radical (unpaired) electrons. The van der Waals surface area contributed by atoms with Crippen molar-refractivity contribution in [2.45, 2.75) is 44.2 Å². The molecule has 1 N–H and O–H groups in total. The third-order valence-corrected chi connectivity index (χ3v) is 5.24. The highest BCUT2D eigenvalue weighted by atomic mass is 32.2. The maximum absolute atomic E-state index is 12.2. The average Bonchev–Trinajstić information content (AvgIpc) is 3.08. The second kappa shape index (κ2) is 5.03. The summed E-state index contributed by atoms with van der Waals surface area (Å²) < 4.78 is 31.2. The van der Waals surface area contributed by atoms with Crippen LogP contribution in [0.25, 0.3) is 0 Å². The number of hydrogen-bond acceptors (Lipinski definition) is 4. The summed E-state index contributed by atoms with van der Waals surface area (Å²) in [6.45, 7) is 4.54. The van der Waals surface area contributed by atoms with Crippen LogP contribution in [0.5, 0.6) is 0 Å². The number of aryl methyl sites for hydroxylation is 1. The Kier molecular flexibility index (Phi) is 3.79. The first kappa shape index (κ1) is 13.6. The zero-order chi connectivity index (χ0) is 13.3. The fraction of sp³-hybridized carbons (Fsp3) is 0.667. The van der Waals surface area contributed by atoms with E-state index in [1.807, 2.05) is 6.92 Å². The van der Waals surface area contributed by atoms with Crippen LogP contribution in [-0.2, 0) is 16.6 Å². The van der Waals surface area contributed by atoms with E-state index in [1.165, 1.54) is 17.1 Å². The molecule has 0 aromatic carbocycles. The molecule has 0 saturated heterocycles. The van der Waals surface area contributed by atoms with Crippen molar-refractivity contribution in [2.75, 3.05) is 13.6 Å². The summed E-state index contributed by atoms with van der Waals surface area (Å²) in [5.74, 6) is 1.14. The number of furan rings is 1. The Morgan fingerprint density at radius 3 is 2.72 bits per heavy atom. The quantitative estimate of drug-likeness (QED) is 0.852. The molecule has 1 heterocycles. The van der Waals surface area contributed by atoms with Gasteiger partial charge in [0, 0.05) is 25.7 Å². The minimum atomic E-state index is -3.41. The topological polar surface area (TPSA) is 62.6 Å². The lowest BCUT2D eigenvalue weighted by Gasteiger charge is -2.13. The summed E-state index contributed by atoms with van der Waals surface area (Å²) in [5, 5.41) is 3.31. The van der Waals surface area contributed by atoms with Gasteiger partial charge in [0.2, 0.25) is 10.0 Å². The van der Waals surface area contributed by atoms with E-state index in [0.29, 0.717) is 30.7 Å². The SMILES string of the molecule is CCN(C)S(=O)(=O)c1cc(CNC2CC2)oc1C. The molecule has 6 heteroatoms. The lowest BCUT2D eigenvalue weighted by molar-refractivity contribution is 0.452. The first-order chi connectivity index (χ1) is 8.45. The zero-order valence-corrected chi connectivity index (χ0v) is 11.9. The number of hydrogen-bond donors (Lipinski definition) is 1. The van der Waals surface area contributed by atoms with Gasteiger partial charge in [0.1, 0.15) is 16.4 Å². The molecular weight excluding hydrogens is 252 g/mol. The number of sulfonamides is 1. The summed E-state index contributed by atoms with van der Waals surface area (Å²) in [6, 6.07) is 2.21. The van der Waals surface area contributed by atoms with Crippen molar-refractivity contribution in [3.8, 4) is 0 Å². The van der Waals surface area contributed by atoms with Crippen molar-refractivity contribution < 1.29 is 12.8 Å². The Hall–Kier alpha value is -0.850. The molecule has 1 aliphatic rings. The van der Waals surface area contributed by atoms with Crippen molar-refractivity contribution in [1.82, 2.24) is 9.62 Å². The third-order valence-electron chi connectivity index (χ3n) is 3.20. The highest BCUT2D eigenvalue weighted by Gasteiger charge is 2.26. The van der Waals surface area contributed by atoms with Crippen LogP contribution in [0, 0.1) is 6.92 Å². The van der Waals surface area contributed by atoms with E-state index in [1.54, 1.807) is 20.0 Å². The van der Waals surface area contributed by atoms with Crippen molar-refractivity contribution in [2.24, 2.45) is 0 Å². The number of nitrogens with zero attached hydrogens (tertiary/aromatic N) is 1. The Morgan fingerprint density at radius 2 is 2.17 bits per heavy atom. The molecule has 5 nitrogen and oxygen atoms in total. The van der Waals surface area contributed by atoms with Crippen molar-refractivity contribution >= 4 is 10.0 Å². The van der Waals surface area contributed by atoms with E-state index < -0.39 is 10.0 Å². The van der Waals surface area contributed by atoms with Crippen LogP contribution >= 0.6 is 0 Å². The highest BCUT2D eigenvalue weighted by molar-refractivity contribution is 7.89. The van der Waals surface area contributed by atoms with Gasteiger partial charge in [-0.25, -0.2) is 12.7 Å². The van der Waals surface area contributed by atoms with E-state index in [9.17, 15) is 8.42 Å². The lowest BCUT2D eigenvalue weighted by atomic mass is 10.4. The zero-order valence-electron chi connectivity index (χ0n) is 11.1. The van der Waals surface area contributed by atoms with Crippen LogP contribution in [0.15, 0.2) is 15.4 Å². The minimum absolute atomic E-state index is 0.277. The van der Waals surface area contributed by atoms with Gasteiger partial charge in [-0.15, -0.1) is 0 Å². The first-order valence-corrected chi connectivity index (χ1v) is 7.68. The summed E-state index contributed by atoms with van der Waals surface area (Å²) >= 11 is 0. The highest BCUT2D eigenvalue weighted by Crippen LogP contribution is 2.24. The largest absolute Gasteiger partial charge is 0.464 e. The molecule has 1 aromatic rings. The molecule has 2 rings (SSSR count). The average molecular weight is 272 g/mol.